The number of ether oxygens (including phenoxy) is 1. The van der Waals surface area contributed by atoms with E-state index in [2.05, 4.69) is 39.1 Å². The first kappa shape index (κ1) is 15.9. The van der Waals surface area contributed by atoms with Gasteiger partial charge in [-0.3, -0.25) is 0 Å². The fourth-order valence-corrected chi connectivity index (χ4v) is 2.20. The zero-order valence-electron chi connectivity index (χ0n) is 13.0. The van der Waals surface area contributed by atoms with Crippen molar-refractivity contribution in [2.75, 3.05) is 0 Å². The maximum Gasteiger partial charge on any atom is 0.128 e. The molecule has 3 heteroatoms. The predicted molar refractivity (Wildman–Crippen MR) is 89.4 cm³/mol. The average Bonchev–Trinajstić information content (AvgIpc) is 2.42. The summed E-state index contributed by atoms with van der Waals surface area (Å²) >= 11 is 6.32. The summed E-state index contributed by atoms with van der Waals surface area (Å²) in [6.07, 6.45) is 0. The van der Waals surface area contributed by atoms with Crippen LogP contribution in [-0.4, -0.2) is 6.04 Å². The Bertz CT molecular complexity index is 623. The Hall–Kier alpha value is -1.51. The molecular formula is C18H22ClNO. The van der Waals surface area contributed by atoms with Gasteiger partial charge >= 0.3 is 0 Å². The van der Waals surface area contributed by atoms with Gasteiger partial charge in [0.25, 0.3) is 0 Å². The monoisotopic (exact) mass is 303 g/mol. The van der Waals surface area contributed by atoms with Crippen LogP contribution < -0.4 is 10.1 Å². The van der Waals surface area contributed by atoms with Crippen LogP contribution in [-0.2, 0) is 6.54 Å². The van der Waals surface area contributed by atoms with Crippen molar-refractivity contribution in [3.8, 4) is 11.5 Å². The number of hydrogen-bond donors (Lipinski definition) is 1. The van der Waals surface area contributed by atoms with E-state index >= 15 is 0 Å². The van der Waals surface area contributed by atoms with Crippen molar-refractivity contribution in [2.45, 2.75) is 40.3 Å². The van der Waals surface area contributed by atoms with Gasteiger partial charge in [-0.1, -0.05) is 37.6 Å². The molecule has 112 valence electrons. The highest BCUT2D eigenvalue weighted by atomic mass is 35.5. The zero-order chi connectivity index (χ0) is 15.4. The minimum atomic E-state index is 0.438. The summed E-state index contributed by atoms with van der Waals surface area (Å²) in [4.78, 5) is 0. The maximum atomic E-state index is 6.32. The average molecular weight is 304 g/mol. The van der Waals surface area contributed by atoms with Crippen molar-refractivity contribution in [3.63, 3.8) is 0 Å². The SMILES string of the molecule is Cc1ccc(Oc2ccc(CNC(C)C)c(Cl)c2)cc1C. The molecule has 2 aromatic rings. The number of rotatable bonds is 5. The van der Waals surface area contributed by atoms with Crippen LogP contribution in [0.4, 0.5) is 0 Å². The molecule has 0 bridgehead atoms. The van der Waals surface area contributed by atoms with Gasteiger partial charge in [-0.15, -0.1) is 0 Å². The van der Waals surface area contributed by atoms with Crippen molar-refractivity contribution in [2.24, 2.45) is 0 Å². The minimum Gasteiger partial charge on any atom is -0.457 e. The van der Waals surface area contributed by atoms with E-state index in [0.29, 0.717) is 6.04 Å². The van der Waals surface area contributed by atoms with E-state index in [1.165, 1.54) is 11.1 Å². The van der Waals surface area contributed by atoms with Gasteiger partial charge in [0.05, 0.1) is 0 Å². The molecule has 0 aliphatic heterocycles. The standard InChI is InChI=1S/C18H22ClNO/c1-12(2)20-11-15-6-8-17(10-18(15)19)21-16-7-5-13(3)14(4)9-16/h5-10,12,20H,11H2,1-4H3. The summed E-state index contributed by atoms with van der Waals surface area (Å²) in [5.74, 6) is 1.60. The predicted octanol–water partition coefficient (Wildman–Crippen LogP) is 5.25. The van der Waals surface area contributed by atoms with Gasteiger partial charge < -0.3 is 10.1 Å². The Balaban J connectivity index is 2.10. The molecule has 0 spiro atoms. The highest BCUT2D eigenvalue weighted by Crippen LogP contribution is 2.28. The Labute approximate surface area is 132 Å². The lowest BCUT2D eigenvalue weighted by molar-refractivity contribution is 0.481. The molecule has 2 nitrogen and oxygen atoms in total. The Morgan fingerprint density at radius 3 is 2.29 bits per heavy atom. The summed E-state index contributed by atoms with van der Waals surface area (Å²) in [5.41, 5.74) is 3.56. The fourth-order valence-electron chi connectivity index (χ4n) is 1.96. The number of nitrogens with one attached hydrogen (secondary N) is 1. The van der Waals surface area contributed by atoms with E-state index in [-0.39, 0.29) is 0 Å². The molecule has 1 N–H and O–H groups in total. The molecule has 0 amide bonds. The second-order valence-corrected chi connectivity index (χ2v) is 6.04. The normalized spacial score (nSPS) is 11.0. The van der Waals surface area contributed by atoms with E-state index in [4.69, 9.17) is 16.3 Å². The Morgan fingerprint density at radius 1 is 1.00 bits per heavy atom. The van der Waals surface area contributed by atoms with Gasteiger partial charge in [0.1, 0.15) is 11.5 Å². The van der Waals surface area contributed by atoms with Crippen molar-refractivity contribution < 1.29 is 4.74 Å². The lowest BCUT2D eigenvalue weighted by Gasteiger charge is -2.12. The van der Waals surface area contributed by atoms with Crippen molar-refractivity contribution in [1.82, 2.24) is 5.32 Å². The van der Waals surface area contributed by atoms with Gasteiger partial charge in [-0.05, 0) is 54.8 Å². The van der Waals surface area contributed by atoms with Gasteiger partial charge in [-0.2, -0.15) is 0 Å². The molecule has 0 heterocycles. The summed E-state index contributed by atoms with van der Waals surface area (Å²) < 4.78 is 5.87. The van der Waals surface area contributed by atoms with Crippen LogP contribution in [0.3, 0.4) is 0 Å². The second-order valence-electron chi connectivity index (χ2n) is 5.64. The van der Waals surface area contributed by atoms with Gasteiger partial charge in [0.2, 0.25) is 0 Å². The molecule has 2 rings (SSSR count). The molecule has 21 heavy (non-hydrogen) atoms. The summed E-state index contributed by atoms with van der Waals surface area (Å²) in [5, 5.41) is 4.09. The first-order valence-corrected chi connectivity index (χ1v) is 7.60. The minimum absolute atomic E-state index is 0.438. The lowest BCUT2D eigenvalue weighted by atomic mass is 10.1. The second kappa shape index (κ2) is 6.97. The van der Waals surface area contributed by atoms with Crippen molar-refractivity contribution >= 4 is 11.6 Å². The molecule has 0 aromatic heterocycles. The van der Waals surface area contributed by atoms with Gasteiger partial charge in [0, 0.05) is 17.6 Å². The molecule has 0 unspecified atom stereocenters. The van der Waals surface area contributed by atoms with Crippen LogP contribution in [0.25, 0.3) is 0 Å². The number of aryl methyl sites for hydroxylation is 2. The molecule has 0 saturated heterocycles. The molecule has 0 radical (unpaired) electrons. The van der Waals surface area contributed by atoms with E-state index < -0.39 is 0 Å². The number of hydrogen-bond acceptors (Lipinski definition) is 2. The van der Waals surface area contributed by atoms with Gasteiger partial charge in [-0.25, -0.2) is 0 Å². The van der Waals surface area contributed by atoms with Crippen molar-refractivity contribution in [3.05, 3.63) is 58.1 Å². The third-order valence-electron chi connectivity index (χ3n) is 3.44. The third-order valence-corrected chi connectivity index (χ3v) is 3.79. The summed E-state index contributed by atoms with van der Waals surface area (Å²) in [7, 11) is 0. The summed E-state index contributed by atoms with van der Waals surface area (Å²) in [6.45, 7) is 9.17. The van der Waals surface area contributed by atoms with Crippen LogP contribution in [0, 0.1) is 13.8 Å². The van der Waals surface area contributed by atoms with E-state index in [9.17, 15) is 0 Å². The van der Waals surface area contributed by atoms with Crippen LogP contribution in [0.5, 0.6) is 11.5 Å². The lowest BCUT2D eigenvalue weighted by Crippen LogP contribution is -2.21. The maximum absolute atomic E-state index is 6.32. The molecule has 0 saturated carbocycles. The topological polar surface area (TPSA) is 21.3 Å². The van der Waals surface area contributed by atoms with Crippen LogP contribution in [0.2, 0.25) is 5.02 Å². The van der Waals surface area contributed by atoms with Crippen LogP contribution in [0.15, 0.2) is 36.4 Å². The molecule has 0 atom stereocenters. The first-order chi connectivity index (χ1) is 9.95. The van der Waals surface area contributed by atoms with E-state index in [1.54, 1.807) is 0 Å². The Kier molecular flexibility index (Phi) is 5.27. The highest BCUT2D eigenvalue weighted by Gasteiger charge is 2.05. The number of benzene rings is 2. The van der Waals surface area contributed by atoms with E-state index in [1.807, 2.05) is 30.3 Å². The molecule has 0 aliphatic carbocycles. The number of halogens is 1. The van der Waals surface area contributed by atoms with Crippen LogP contribution >= 0.6 is 11.6 Å². The first-order valence-electron chi connectivity index (χ1n) is 7.22. The summed E-state index contributed by atoms with van der Waals surface area (Å²) in [6, 6.07) is 12.3. The molecule has 0 aliphatic rings. The quantitative estimate of drug-likeness (QED) is 0.815. The fraction of sp³-hybridized carbons (Fsp3) is 0.333. The highest BCUT2D eigenvalue weighted by molar-refractivity contribution is 6.31. The van der Waals surface area contributed by atoms with Gasteiger partial charge in [0.15, 0.2) is 0 Å². The van der Waals surface area contributed by atoms with Crippen LogP contribution in [0.1, 0.15) is 30.5 Å². The van der Waals surface area contributed by atoms with Crippen molar-refractivity contribution in [1.29, 1.82) is 0 Å². The Morgan fingerprint density at radius 2 is 1.67 bits per heavy atom. The molecular weight excluding hydrogens is 282 g/mol. The zero-order valence-corrected chi connectivity index (χ0v) is 13.8. The molecule has 2 aromatic carbocycles. The molecule has 0 fully saturated rings. The third kappa shape index (κ3) is 4.48. The van der Waals surface area contributed by atoms with E-state index in [0.717, 1.165) is 28.6 Å². The largest absolute Gasteiger partial charge is 0.457 e. The smallest absolute Gasteiger partial charge is 0.128 e.